The highest BCUT2D eigenvalue weighted by Gasteiger charge is 2.34. The van der Waals surface area contributed by atoms with Crippen molar-refractivity contribution < 1.29 is 13.2 Å². The molecule has 0 spiro atoms. The molecule has 0 radical (unpaired) electrons. The van der Waals surface area contributed by atoms with E-state index in [9.17, 15) is 13.2 Å². The minimum atomic E-state index is -3.54. The number of hydrogen-bond acceptors (Lipinski definition) is 6. The molecule has 3 heterocycles. The summed E-state index contributed by atoms with van der Waals surface area (Å²) in [5.74, 6) is 1.77. The molecule has 10 heteroatoms. The molecule has 0 bridgehead atoms. The minimum Gasteiger partial charge on any atom is -0.356 e. The zero-order valence-electron chi connectivity index (χ0n) is 17.4. The molecule has 2 saturated heterocycles. The number of hydrogen-bond donors (Lipinski definition) is 0. The number of nitrogens with zero attached hydrogens (tertiary/aromatic N) is 5. The van der Waals surface area contributed by atoms with Crippen LogP contribution < -0.4 is 4.90 Å². The Morgan fingerprint density at radius 1 is 1.00 bits per heavy atom. The largest absolute Gasteiger partial charge is 0.356 e. The maximum absolute atomic E-state index is 13.0. The van der Waals surface area contributed by atoms with Crippen molar-refractivity contribution in [2.45, 2.75) is 24.7 Å². The highest BCUT2D eigenvalue weighted by molar-refractivity contribution is 9.10. The van der Waals surface area contributed by atoms with Gasteiger partial charge < -0.3 is 9.80 Å². The number of piperazine rings is 1. The van der Waals surface area contributed by atoms with Gasteiger partial charge in [-0.2, -0.15) is 4.31 Å². The number of aryl methyl sites for hydroxylation is 1. The van der Waals surface area contributed by atoms with Crippen LogP contribution in [0.2, 0.25) is 0 Å². The molecule has 1 aromatic carbocycles. The van der Waals surface area contributed by atoms with E-state index in [4.69, 9.17) is 0 Å². The van der Waals surface area contributed by atoms with Gasteiger partial charge in [-0.15, -0.1) is 0 Å². The second kappa shape index (κ2) is 9.22. The first-order chi connectivity index (χ1) is 14.8. The average Bonchev–Trinajstić information content (AvgIpc) is 2.79. The third-order valence-electron chi connectivity index (χ3n) is 5.93. The summed E-state index contributed by atoms with van der Waals surface area (Å²) in [5, 5.41) is 0. The van der Waals surface area contributed by atoms with Gasteiger partial charge in [-0.1, -0.05) is 15.9 Å². The predicted molar refractivity (Wildman–Crippen MR) is 121 cm³/mol. The maximum Gasteiger partial charge on any atom is 0.243 e. The van der Waals surface area contributed by atoms with Gasteiger partial charge in [0.1, 0.15) is 11.6 Å². The fraction of sp³-hybridized carbons (Fsp3) is 0.476. The third kappa shape index (κ3) is 4.91. The van der Waals surface area contributed by atoms with E-state index >= 15 is 0 Å². The Hall–Kier alpha value is -2.04. The van der Waals surface area contributed by atoms with Crippen LogP contribution in [-0.2, 0) is 14.8 Å². The van der Waals surface area contributed by atoms with Crippen LogP contribution in [0.25, 0.3) is 0 Å². The SMILES string of the molecule is Cc1nccc(N2CCC(C(=O)N3CCN(S(=O)(=O)c4ccc(Br)cc4)CC3)CC2)n1. The normalized spacial score (nSPS) is 18.9. The number of aromatic nitrogens is 2. The Kier molecular flexibility index (Phi) is 6.59. The number of anilines is 1. The van der Waals surface area contributed by atoms with Gasteiger partial charge >= 0.3 is 0 Å². The molecule has 2 fully saturated rings. The van der Waals surface area contributed by atoms with Gasteiger partial charge in [0.05, 0.1) is 4.90 Å². The van der Waals surface area contributed by atoms with Gasteiger partial charge in [0, 0.05) is 55.9 Å². The Morgan fingerprint density at radius 2 is 1.65 bits per heavy atom. The Balaban J connectivity index is 1.31. The molecular formula is C21H26BrN5O3S. The van der Waals surface area contributed by atoms with E-state index < -0.39 is 10.0 Å². The summed E-state index contributed by atoms with van der Waals surface area (Å²) in [6.07, 6.45) is 3.31. The lowest BCUT2D eigenvalue weighted by Gasteiger charge is -2.38. The first kappa shape index (κ1) is 22.2. The lowest BCUT2D eigenvalue weighted by Crippen LogP contribution is -2.52. The molecule has 2 aliphatic heterocycles. The lowest BCUT2D eigenvalue weighted by molar-refractivity contribution is -0.137. The van der Waals surface area contributed by atoms with Crippen LogP contribution in [0.1, 0.15) is 18.7 Å². The second-order valence-corrected chi connectivity index (χ2v) is 10.8. The smallest absolute Gasteiger partial charge is 0.243 e. The summed E-state index contributed by atoms with van der Waals surface area (Å²) in [6.45, 7) is 4.94. The van der Waals surface area contributed by atoms with Crippen molar-refractivity contribution in [3.05, 3.63) is 46.8 Å². The maximum atomic E-state index is 13.0. The van der Waals surface area contributed by atoms with Crippen LogP contribution in [0.3, 0.4) is 0 Å². The van der Waals surface area contributed by atoms with Gasteiger partial charge in [-0.05, 0) is 50.1 Å². The van der Waals surface area contributed by atoms with Gasteiger partial charge in [-0.3, -0.25) is 4.79 Å². The molecule has 0 aliphatic carbocycles. The summed E-state index contributed by atoms with van der Waals surface area (Å²) >= 11 is 3.33. The second-order valence-electron chi connectivity index (χ2n) is 7.91. The first-order valence-electron chi connectivity index (χ1n) is 10.4. The summed E-state index contributed by atoms with van der Waals surface area (Å²) in [6, 6.07) is 8.55. The van der Waals surface area contributed by atoms with Crippen LogP contribution in [-0.4, -0.2) is 72.8 Å². The molecule has 0 N–H and O–H groups in total. The molecule has 4 rings (SSSR count). The van der Waals surface area contributed by atoms with Crippen LogP contribution in [0.4, 0.5) is 5.82 Å². The number of sulfonamides is 1. The molecule has 0 unspecified atom stereocenters. The Morgan fingerprint density at radius 3 is 2.26 bits per heavy atom. The molecule has 166 valence electrons. The van der Waals surface area contributed by atoms with Crippen LogP contribution >= 0.6 is 15.9 Å². The molecule has 0 saturated carbocycles. The highest BCUT2D eigenvalue weighted by atomic mass is 79.9. The van der Waals surface area contributed by atoms with E-state index in [1.807, 2.05) is 17.9 Å². The highest BCUT2D eigenvalue weighted by Crippen LogP contribution is 2.25. The number of benzene rings is 1. The predicted octanol–water partition coefficient (Wildman–Crippen LogP) is 2.30. The van der Waals surface area contributed by atoms with E-state index in [1.165, 1.54) is 4.31 Å². The first-order valence-corrected chi connectivity index (χ1v) is 12.7. The third-order valence-corrected chi connectivity index (χ3v) is 8.37. The number of halogens is 1. The Bertz CT molecular complexity index is 1030. The summed E-state index contributed by atoms with van der Waals surface area (Å²) in [4.78, 5) is 25.9. The molecule has 8 nitrogen and oxygen atoms in total. The van der Waals surface area contributed by atoms with E-state index in [0.29, 0.717) is 26.2 Å². The van der Waals surface area contributed by atoms with E-state index in [-0.39, 0.29) is 16.7 Å². The van der Waals surface area contributed by atoms with Crippen LogP contribution in [0, 0.1) is 12.8 Å². The summed E-state index contributed by atoms with van der Waals surface area (Å²) in [5.41, 5.74) is 0. The van der Waals surface area contributed by atoms with Gasteiger partial charge in [0.15, 0.2) is 0 Å². The molecule has 2 aromatic rings. The number of amides is 1. The monoisotopic (exact) mass is 507 g/mol. The Labute approximate surface area is 191 Å². The molecule has 1 aromatic heterocycles. The quantitative estimate of drug-likeness (QED) is 0.630. The van der Waals surface area contributed by atoms with Crippen molar-refractivity contribution in [1.29, 1.82) is 0 Å². The number of carbonyl (C=O) groups excluding carboxylic acids is 1. The fourth-order valence-electron chi connectivity index (χ4n) is 4.14. The van der Waals surface area contributed by atoms with Gasteiger partial charge in [0.25, 0.3) is 0 Å². The van der Waals surface area contributed by atoms with Crippen molar-refractivity contribution in [3.8, 4) is 0 Å². The van der Waals surface area contributed by atoms with Gasteiger partial charge in [0.2, 0.25) is 15.9 Å². The fourth-order valence-corrected chi connectivity index (χ4v) is 5.82. The van der Waals surface area contributed by atoms with E-state index in [0.717, 1.165) is 42.0 Å². The minimum absolute atomic E-state index is 0.0196. The molecule has 2 aliphatic rings. The van der Waals surface area contributed by atoms with Crippen molar-refractivity contribution in [3.63, 3.8) is 0 Å². The summed E-state index contributed by atoms with van der Waals surface area (Å²) in [7, 11) is -3.54. The number of rotatable bonds is 4. The molecular weight excluding hydrogens is 482 g/mol. The average molecular weight is 508 g/mol. The zero-order valence-corrected chi connectivity index (χ0v) is 19.8. The molecule has 0 atom stereocenters. The van der Waals surface area contributed by atoms with Crippen LogP contribution in [0.5, 0.6) is 0 Å². The molecule has 1 amide bonds. The van der Waals surface area contributed by atoms with Crippen molar-refractivity contribution >= 4 is 37.7 Å². The number of piperidine rings is 1. The van der Waals surface area contributed by atoms with Gasteiger partial charge in [-0.25, -0.2) is 18.4 Å². The number of carbonyl (C=O) groups is 1. The standard InChI is InChI=1S/C21H26BrN5O3S/c1-16-23-9-6-20(24-16)25-10-7-17(8-11-25)21(28)26-12-14-27(15-13-26)31(29,30)19-4-2-18(22)3-5-19/h2-6,9,17H,7-8,10-15H2,1H3. The topological polar surface area (TPSA) is 86.7 Å². The van der Waals surface area contributed by atoms with Crippen LogP contribution in [0.15, 0.2) is 45.9 Å². The van der Waals surface area contributed by atoms with E-state index in [1.54, 1.807) is 30.5 Å². The summed E-state index contributed by atoms with van der Waals surface area (Å²) < 4.78 is 28.0. The van der Waals surface area contributed by atoms with Crippen molar-refractivity contribution in [1.82, 2.24) is 19.2 Å². The lowest BCUT2D eigenvalue weighted by atomic mass is 9.95. The zero-order chi connectivity index (χ0) is 22.0. The van der Waals surface area contributed by atoms with E-state index in [2.05, 4.69) is 30.8 Å². The molecule has 31 heavy (non-hydrogen) atoms. The van der Waals surface area contributed by atoms with Crippen molar-refractivity contribution in [2.24, 2.45) is 5.92 Å². The van der Waals surface area contributed by atoms with Crippen molar-refractivity contribution in [2.75, 3.05) is 44.2 Å².